The van der Waals surface area contributed by atoms with Gasteiger partial charge in [0.15, 0.2) is 5.17 Å². The van der Waals surface area contributed by atoms with E-state index >= 15 is 0 Å². The number of aliphatic imine (C=N–C) groups is 1. The van der Waals surface area contributed by atoms with E-state index in [1.165, 1.54) is 34.9 Å². The number of hydrogen-bond donors (Lipinski definition) is 1. The van der Waals surface area contributed by atoms with Crippen LogP contribution in [0.15, 0.2) is 47.5 Å². The number of thioether (sulfide) groups is 1. The van der Waals surface area contributed by atoms with Gasteiger partial charge in [0.05, 0.1) is 11.7 Å². The van der Waals surface area contributed by atoms with E-state index in [0.717, 1.165) is 16.8 Å². The molecule has 8 heteroatoms. The molecule has 2 aromatic rings. The van der Waals surface area contributed by atoms with Crippen molar-refractivity contribution in [3.63, 3.8) is 0 Å². The summed E-state index contributed by atoms with van der Waals surface area (Å²) in [6, 6.07) is 11.6. The molecule has 1 aliphatic rings. The highest BCUT2D eigenvalue weighted by molar-refractivity contribution is 8.15. The first-order valence-electron chi connectivity index (χ1n) is 8.96. The summed E-state index contributed by atoms with van der Waals surface area (Å²) in [5, 5.41) is 13.5. The first-order chi connectivity index (χ1) is 13.7. The van der Waals surface area contributed by atoms with Crippen molar-refractivity contribution >= 4 is 46.1 Å². The van der Waals surface area contributed by atoms with E-state index < -0.39 is 11.2 Å². The highest BCUT2D eigenvalue weighted by atomic mass is 32.2. The van der Waals surface area contributed by atoms with Gasteiger partial charge in [-0.15, -0.1) is 0 Å². The second kappa shape index (κ2) is 8.48. The quantitative estimate of drug-likeness (QED) is 0.815. The van der Waals surface area contributed by atoms with Crippen LogP contribution in [0, 0.1) is 13.8 Å². The number of carboxylic acids is 1. The van der Waals surface area contributed by atoms with Crippen LogP contribution in [0.3, 0.4) is 0 Å². The van der Waals surface area contributed by atoms with Crippen molar-refractivity contribution in [3.05, 3.63) is 59.2 Å². The Morgan fingerprint density at radius 3 is 2.62 bits per heavy atom. The normalized spacial score (nSPS) is 17.6. The Kier molecular flexibility index (Phi) is 6.03. The maximum Gasteiger partial charge on any atom is 0.242 e. The molecule has 1 atom stereocenters. The zero-order valence-corrected chi connectivity index (χ0v) is 17.1. The molecule has 0 unspecified atom stereocenters. The molecule has 1 saturated heterocycles. The zero-order chi connectivity index (χ0) is 21.1. The number of hydrogen-bond acceptors (Lipinski definition) is 6. The number of nitrogens with zero attached hydrogens (tertiary/aromatic N) is 2. The van der Waals surface area contributed by atoms with Crippen LogP contribution >= 0.6 is 11.8 Å². The van der Waals surface area contributed by atoms with E-state index in [1.54, 1.807) is 13.1 Å². The van der Waals surface area contributed by atoms with Gasteiger partial charge in [-0.3, -0.25) is 14.5 Å². The van der Waals surface area contributed by atoms with Gasteiger partial charge in [0.25, 0.3) is 0 Å². The average molecular weight is 410 g/mol. The van der Waals surface area contributed by atoms with Crippen LogP contribution in [0.4, 0.5) is 11.4 Å². The molecule has 7 nitrogen and oxygen atoms in total. The molecule has 0 aromatic heterocycles. The molecule has 2 aromatic carbocycles. The van der Waals surface area contributed by atoms with Crippen LogP contribution < -0.4 is 10.4 Å². The SMILES string of the molecule is Cc1ccc(N=C2S[C@@H](CC(=O)Nc3cccc(C(=O)[O-])c3)C(=O)N2C)cc1C. The third kappa shape index (κ3) is 4.83. The number of carboxylic acid groups (broad SMARTS) is 1. The first kappa shape index (κ1) is 20.6. The molecule has 0 bridgehead atoms. The zero-order valence-electron chi connectivity index (χ0n) is 16.3. The molecule has 150 valence electrons. The summed E-state index contributed by atoms with van der Waals surface area (Å²) in [5.41, 5.74) is 3.33. The van der Waals surface area contributed by atoms with Crippen LogP contribution in [-0.2, 0) is 9.59 Å². The summed E-state index contributed by atoms with van der Waals surface area (Å²) < 4.78 is 0. The van der Waals surface area contributed by atoms with Crippen LogP contribution in [-0.4, -0.2) is 40.1 Å². The number of amides is 2. The van der Waals surface area contributed by atoms with Crippen molar-refractivity contribution in [2.75, 3.05) is 12.4 Å². The van der Waals surface area contributed by atoms with Gasteiger partial charge >= 0.3 is 0 Å². The summed E-state index contributed by atoms with van der Waals surface area (Å²) >= 11 is 1.24. The number of anilines is 1. The molecule has 2 amide bonds. The van der Waals surface area contributed by atoms with Crippen LogP contribution in [0.25, 0.3) is 0 Å². The Morgan fingerprint density at radius 1 is 1.17 bits per heavy atom. The number of amidine groups is 1. The summed E-state index contributed by atoms with van der Waals surface area (Å²) in [4.78, 5) is 41.8. The Balaban J connectivity index is 1.68. The molecule has 1 N–H and O–H groups in total. The minimum absolute atomic E-state index is 0.0309. The van der Waals surface area contributed by atoms with E-state index in [9.17, 15) is 19.5 Å². The molecule has 0 saturated carbocycles. The maximum absolute atomic E-state index is 12.5. The van der Waals surface area contributed by atoms with E-state index in [0.29, 0.717) is 10.9 Å². The lowest BCUT2D eigenvalue weighted by molar-refractivity contribution is -0.255. The topological polar surface area (TPSA) is 102 Å². The number of aromatic carboxylic acids is 1. The lowest BCUT2D eigenvalue weighted by atomic mass is 10.1. The standard InChI is InChI=1S/C21H21N3O4S/c1-12-7-8-16(9-13(12)2)23-21-24(3)19(26)17(29-21)11-18(25)22-15-6-4-5-14(10-15)20(27)28/h4-10,17H,11H2,1-3H3,(H,22,25)(H,27,28)/p-1/t17-/m0/s1. The van der Waals surface area contributed by atoms with E-state index in [2.05, 4.69) is 10.3 Å². The number of benzene rings is 2. The van der Waals surface area contributed by atoms with Crippen LogP contribution in [0.5, 0.6) is 0 Å². The minimum atomic E-state index is -1.32. The van der Waals surface area contributed by atoms with Gasteiger partial charge in [-0.05, 0) is 54.8 Å². The molecular formula is C21H20N3O4S-. The predicted molar refractivity (Wildman–Crippen MR) is 111 cm³/mol. The first-order valence-corrected chi connectivity index (χ1v) is 9.84. The van der Waals surface area contributed by atoms with Crippen molar-refractivity contribution in [2.45, 2.75) is 25.5 Å². The second-order valence-corrected chi connectivity index (χ2v) is 7.96. The third-order valence-corrected chi connectivity index (χ3v) is 5.84. The Labute approximate surface area is 172 Å². The van der Waals surface area contributed by atoms with Gasteiger partial charge < -0.3 is 15.2 Å². The van der Waals surface area contributed by atoms with Crippen molar-refractivity contribution in [1.82, 2.24) is 4.90 Å². The highest BCUT2D eigenvalue weighted by Gasteiger charge is 2.37. The molecule has 0 aliphatic carbocycles. The molecule has 1 heterocycles. The number of carbonyl (C=O) groups is 3. The molecule has 29 heavy (non-hydrogen) atoms. The number of nitrogens with one attached hydrogen (secondary N) is 1. The van der Waals surface area contributed by atoms with Crippen molar-refractivity contribution < 1.29 is 19.5 Å². The number of rotatable bonds is 5. The Morgan fingerprint density at radius 2 is 1.93 bits per heavy atom. The Hall–Kier alpha value is -3.13. The van der Waals surface area contributed by atoms with E-state index in [-0.39, 0.29) is 23.8 Å². The predicted octanol–water partition coefficient (Wildman–Crippen LogP) is 2.26. The monoisotopic (exact) mass is 410 g/mol. The van der Waals surface area contributed by atoms with Gasteiger partial charge in [-0.1, -0.05) is 30.0 Å². The fourth-order valence-electron chi connectivity index (χ4n) is 2.81. The van der Waals surface area contributed by atoms with Gasteiger partial charge in [0.1, 0.15) is 5.25 Å². The molecule has 3 rings (SSSR count). The lowest BCUT2D eigenvalue weighted by Crippen LogP contribution is -2.30. The number of carbonyl (C=O) groups excluding carboxylic acids is 3. The van der Waals surface area contributed by atoms with Gasteiger partial charge in [-0.2, -0.15) is 0 Å². The molecule has 1 aliphatic heterocycles. The Bertz CT molecular complexity index is 1020. The van der Waals surface area contributed by atoms with E-state index in [1.807, 2.05) is 32.0 Å². The van der Waals surface area contributed by atoms with Crippen molar-refractivity contribution in [3.8, 4) is 0 Å². The highest BCUT2D eigenvalue weighted by Crippen LogP contribution is 2.31. The maximum atomic E-state index is 12.5. The summed E-state index contributed by atoms with van der Waals surface area (Å²) in [6.45, 7) is 4.02. The van der Waals surface area contributed by atoms with Crippen molar-refractivity contribution in [1.29, 1.82) is 0 Å². The van der Waals surface area contributed by atoms with Crippen molar-refractivity contribution in [2.24, 2.45) is 4.99 Å². The minimum Gasteiger partial charge on any atom is -0.545 e. The average Bonchev–Trinajstić information content (AvgIpc) is 2.92. The lowest BCUT2D eigenvalue weighted by Gasteiger charge is -2.10. The summed E-state index contributed by atoms with van der Waals surface area (Å²) in [7, 11) is 1.64. The third-order valence-electron chi connectivity index (χ3n) is 4.61. The van der Waals surface area contributed by atoms with Crippen LogP contribution in [0.1, 0.15) is 27.9 Å². The van der Waals surface area contributed by atoms with Gasteiger partial charge in [0, 0.05) is 19.2 Å². The molecule has 0 spiro atoms. The van der Waals surface area contributed by atoms with Crippen LogP contribution in [0.2, 0.25) is 0 Å². The van der Waals surface area contributed by atoms with Gasteiger partial charge in [0.2, 0.25) is 11.8 Å². The van der Waals surface area contributed by atoms with E-state index in [4.69, 9.17) is 0 Å². The smallest absolute Gasteiger partial charge is 0.242 e. The van der Waals surface area contributed by atoms with Gasteiger partial charge in [-0.25, -0.2) is 4.99 Å². The largest absolute Gasteiger partial charge is 0.545 e. The fourth-order valence-corrected chi connectivity index (χ4v) is 3.96. The summed E-state index contributed by atoms with van der Waals surface area (Å²) in [5.74, 6) is -1.90. The number of aryl methyl sites for hydroxylation is 2. The second-order valence-electron chi connectivity index (χ2n) is 6.79. The molecule has 0 radical (unpaired) electrons. The fraction of sp³-hybridized carbons (Fsp3) is 0.238. The molecule has 1 fully saturated rings. The molecular weight excluding hydrogens is 390 g/mol. The summed E-state index contributed by atoms with van der Waals surface area (Å²) in [6.07, 6.45) is -0.0463.